The second-order valence-corrected chi connectivity index (χ2v) is 7.08. The summed E-state index contributed by atoms with van der Waals surface area (Å²) in [6.07, 6.45) is 0. The van der Waals surface area contributed by atoms with Gasteiger partial charge in [-0.25, -0.2) is 0 Å². The van der Waals surface area contributed by atoms with E-state index in [1.54, 1.807) is 54.6 Å². The molecular formula is C21H20N2O6. The Kier molecular flexibility index (Phi) is 4.92. The third-order valence-electron chi connectivity index (χ3n) is 5.65. The zero-order valence-electron chi connectivity index (χ0n) is 15.8. The van der Waals surface area contributed by atoms with Crippen molar-refractivity contribution in [1.29, 1.82) is 0 Å². The van der Waals surface area contributed by atoms with E-state index in [9.17, 15) is 19.7 Å². The third kappa shape index (κ3) is 3.10. The van der Waals surface area contributed by atoms with Crippen molar-refractivity contribution in [2.24, 2.45) is 5.92 Å². The highest BCUT2D eigenvalue weighted by molar-refractivity contribution is 6.00. The van der Waals surface area contributed by atoms with Crippen molar-refractivity contribution in [2.75, 3.05) is 20.3 Å². The Morgan fingerprint density at radius 1 is 1.17 bits per heavy atom. The molecule has 150 valence electrons. The Balaban J connectivity index is 1.94. The highest BCUT2D eigenvalue weighted by Crippen LogP contribution is 2.47. The summed E-state index contributed by atoms with van der Waals surface area (Å²) in [7, 11) is 1.19. The molecule has 0 N–H and O–H groups in total. The molecule has 8 nitrogen and oxygen atoms in total. The number of piperidine rings is 1. The van der Waals surface area contributed by atoms with Gasteiger partial charge in [-0.2, -0.15) is 0 Å². The number of methoxy groups -OCH3 is 1. The number of para-hydroxylation sites is 1. The maximum absolute atomic E-state index is 13.4. The van der Waals surface area contributed by atoms with Crippen molar-refractivity contribution >= 4 is 11.9 Å². The van der Waals surface area contributed by atoms with Crippen molar-refractivity contribution in [1.82, 2.24) is 4.90 Å². The largest absolute Gasteiger partial charge is 0.491 e. The standard InChI is InChI=1S/C21H20N2O6/c1-28-21(25)17-16(13-7-3-2-4-8-13)19(23(26)27)18-14-9-5-6-10-15(14)29-12-11-22(18)20(17)24/h2-10,16-19H,11-12H2,1H3/t16-,17-,18-,19+/m0/s1. The zero-order valence-corrected chi connectivity index (χ0v) is 15.8. The van der Waals surface area contributed by atoms with Crippen LogP contribution in [0.4, 0.5) is 0 Å². The van der Waals surface area contributed by atoms with Crippen molar-refractivity contribution < 1.29 is 24.0 Å². The quantitative estimate of drug-likeness (QED) is 0.341. The molecule has 0 saturated carbocycles. The Hall–Kier alpha value is -3.42. The first-order valence-electron chi connectivity index (χ1n) is 9.33. The van der Waals surface area contributed by atoms with Gasteiger partial charge in [0.25, 0.3) is 0 Å². The number of carbonyl (C=O) groups is 2. The average Bonchev–Trinajstić information content (AvgIpc) is 2.93. The zero-order chi connectivity index (χ0) is 20.5. The number of benzene rings is 2. The molecule has 8 heteroatoms. The summed E-state index contributed by atoms with van der Waals surface area (Å²) >= 11 is 0. The van der Waals surface area contributed by atoms with Crippen LogP contribution < -0.4 is 4.74 Å². The fraction of sp³-hybridized carbons (Fsp3) is 0.333. The van der Waals surface area contributed by atoms with Gasteiger partial charge < -0.3 is 14.4 Å². The molecule has 0 aromatic heterocycles. The van der Waals surface area contributed by atoms with E-state index in [1.807, 2.05) is 0 Å². The van der Waals surface area contributed by atoms with E-state index in [0.29, 0.717) is 16.9 Å². The van der Waals surface area contributed by atoms with Gasteiger partial charge in [-0.05, 0) is 11.6 Å². The fourth-order valence-electron chi connectivity index (χ4n) is 4.44. The van der Waals surface area contributed by atoms with E-state index < -0.39 is 35.8 Å². The van der Waals surface area contributed by atoms with Crippen LogP contribution in [0, 0.1) is 16.0 Å². The minimum atomic E-state index is -1.29. The van der Waals surface area contributed by atoms with E-state index in [4.69, 9.17) is 9.47 Å². The number of nitrogens with zero attached hydrogens (tertiary/aromatic N) is 2. The Bertz CT molecular complexity index is 947. The average molecular weight is 396 g/mol. The summed E-state index contributed by atoms with van der Waals surface area (Å²) in [5.74, 6) is -2.98. The van der Waals surface area contributed by atoms with E-state index in [0.717, 1.165) is 0 Å². The number of amides is 1. The number of rotatable bonds is 3. The predicted octanol–water partition coefficient (Wildman–Crippen LogP) is 2.18. The van der Waals surface area contributed by atoms with E-state index in [-0.39, 0.29) is 18.1 Å². The summed E-state index contributed by atoms with van der Waals surface area (Å²) in [6, 6.07) is 13.6. The van der Waals surface area contributed by atoms with Gasteiger partial charge in [-0.1, -0.05) is 48.5 Å². The number of hydrogen-bond donors (Lipinski definition) is 0. The predicted molar refractivity (Wildman–Crippen MR) is 102 cm³/mol. The lowest BCUT2D eigenvalue weighted by atomic mass is 9.72. The Morgan fingerprint density at radius 3 is 2.55 bits per heavy atom. The van der Waals surface area contributed by atoms with Crippen LogP contribution in [-0.2, 0) is 14.3 Å². The number of esters is 1. The molecule has 0 unspecified atom stereocenters. The lowest BCUT2D eigenvalue weighted by Gasteiger charge is -2.43. The molecule has 4 atom stereocenters. The Labute approximate surface area is 167 Å². The number of carbonyl (C=O) groups excluding carboxylic acids is 2. The summed E-state index contributed by atoms with van der Waals surface area (Å²) < 4.78 is 10.6. The van der Waals surface area contributed by atoms with Crippen LogP contribution in [0.25, 0.3) is 0 Å². The number of nitro groups is 1. The maximum atomic E-state index is 13.4. The van der Waals surface area contributed by atoms with Crippen LogP contribution in [-0.4, -0.2) is 48.0 Å². The molecule has 29 heavy (non-hydrogen) atoms. The third-order valence-corrected chi connectivity index (χ3v) is 5.65. The summed E-state index contributed by atoms with van der Waals surface area (Å²) in [6.45, 7) is 0.338. The summed E-state index contributed by atoms with van der Waals surface area (Å²) in [5, 5.41) is 12.4. The van der Waals surface area contributed by atoms with Gasteiger partial charge in [0.05, 0.1) is 19.6 Å². The van der Waals surface area contributed by atoms with Crippen LogP contribution in [0.5, 0.6) is 5.75 Å². The molecule has 0 radical (unpaired) electrons. The van der Waals surface area contributed by atoms with Crippen LogP contribution in [0.1, 0.15) is 23.1 Å². The highest BCUT2D eigenvalue weighted by Gasteiger charge is 2.59. The topological polar surface area (TPSA) is 99.0 Å². The number of fused-ring (bicyclic) bond motifs is 3. The first-order chi connectivity index (χ1) is 14.0. The van der Waals surface area contributed by atoms with Gasteiger partial charge in [0.15, 0.2) is 0 Å². The van der Waals surface area contributed by atoms with E-state index in [1.165, 1.54) is 12.0 Å². The molecule has 2 aliphatic rings. The van der Waals surface area contributed by atoms with E-state index in [2.05, 4.69) is 0 Å². The molecule has 1 amide bonds. The van der Waals surface area contributed by atoms with Crippen LogP contribution >= 0.6 is 0 Å². The molecule has 0 bridgehead atoms. The minimum Gasteiger partial charge on any atom is -0.491 e. The molecule has 2 aliphatic heterocycles. The van der Waals surface area contributed by atoms with Crippen LogP contribution in [0.3, 0.4) is 0 Å². The van der Waals surface area contributed by atoms with Crippen molar-refractivity contribution in [3.8, 4) is 5.75 Å². The number of hydrogen-bond acceptors (Lipinski definition) is 6. The molecule has 2 heterocycles. The fourth-order valence-corrected chi connectivity index (χ4v) is 4.44. The molecule has 0 aliphatic carbocycles. The summed E-state index contributed by atoms with van der Waals surface area (Å²) in [4.78, 5) is 39.4. The highest BCUT2D eigenvalue weighted by atomic mass is 16.6. The second-order valence-electron chi connectivity index (χ2n) is 7.08. The normalized spacial score (nSPS) is 25.8. The lowest BCUT2D eigenvalue weighted by Crippen LogP contribution is -2.58. The smallest absolute Gasteiger partial charge is 0.319 e. The molecule has 2 aromatic rings. The van der Waals surface area contributed by atoms with Gasteiger partial charge in [-0.3, -0.25) is 19.7 Å². The molecule has 0 spiro atoms. The van der Waals surface area contributed by atoms with Crippen molar-refractivity contribution in [3.05, 3.63) is 75.8 Å². The number of ether oxygens (including phenoxy) is 2. The van der Waals surface area contributed by atoms with Gasteiger partial charge in [0.1, 0.15) is 24.3 Å². The summed E-state index contributed by atoms with van der Waals surface area (Å²) in [5.41, 5.74) is 1.13. The molecule has 2 aromatic carbocycles. The van der Waals surface area contributed by atoms with E-state index >= 15 is 0 Å². The minimum absolute atomic E-state index is 0.150. The Morgan fingerprint density at radius 2 is 1.86 bits per heavy atom. The van der Waals surface area contributed by atoms with Crippen molar-refractivity contribution in [2.45, 2.75) is 18.0 Å². The molecule has 1 fully saturated rings. The maximum Gasteiger partial charge on any atom is 0.319 e. The monoisotopic (exact) mass is 396 g/mol. The van der Waals surface area contributed by atoms with Crippen LogP contribution in [0.2, 0.25) is 0 Å². The molecule has 4 rings (SSSR count). The SMILES string of the molecule is COC(=O)[C@@H]1C(=O)N2CCOc3ccccc3[C@H]2[C@H]([N+](=O)[O-])[C@H]1c1ccccc1. The van der Waals surface area contributed by atoms with Gasteiger partial charge in [0, 0.05) is 10.5 Å². The van der Waals surface area contributed by atoms with Gasteiger partial charge in [0.2, 0.25) is 11.9 Å². The molecule has 1 saturated heterocycles. The second kappa shape index (κ2) is 7.54. The van der Waals surface area contributed by atoms with Crippen molar-refractivity contribution in [3.63, 3.8) is 0 Å². The first kappa shape index (κ1) is 18.9. The lowest BCUT2D eigenvalue weighted by molar-refractivity contribution is -0.538. The first-order valence-corrected chi connectivity index (χ1v) is 9.33. The van der Waals surface area contributed by atoms with Crippen LogP contribution in [0.15, 0.2) is 54.6 Å². The van der Waals surface area contributed by atoms with Gasteiger partial charge in [-0.15, -0.1) is 0 Å². The molecular weight excluding hydrogens is 376 g/mol. The van der Waals surface area contributed by atoms with Gasteiger partial charge >= 0.3 is 5.97 Å².